The van der Waals surface area contributed by atoms with Crippen LogP contribution in [0.3, 0.4) is 0 Å². The van der Waals surface area contributed by atoms with Crippen molar-refractivity contribution in [3.05, 3.63) is 16.1 Å². The molecule has 0 radical (unpaired) electrons. The lowest BCUT2D eigenvalue weighted by Gasteiger charge is -2.20. The zero-order valence-corrected chi connectivity index (χ0v) is 14.2. The Morgan fingerprint density at radius 2 is 2.24 bits per heavy atom. The van der Waals surface area contributed by atoms with Gasteiger partial charge in [0.1, 0.15) is 6.04 Å². The number of aryl methyl sites for hydroxylation is 1. The van der Waals surface area contributed by atoms with Crippen molar-refractivity contribution >= 4 is 35.0 Å². The quantitative estimate of drug-likeness (QED) is 0.681. The lowest BCUT2D eigenvalue weighted by Crippen LogP contribution is -2.45. The minimum absolute atomic E-state index is 0.0721. The molecular weight excluding hydrogens is 308 g/mol. The number of hydrogen-bond acceptors (Lipinski definition) is 5. The molecule has 1 heterocycles. The van der Waals surface area contributed by atoms with Crippen LogP contribution in [0.2, 0.25) is 0 Å². The molecule has 1 rings (SSSR count). The van der Waals surface area contributed by atoms with E-state index in [1.807, 2.05) is 26.2 Å². The normalized spacial score (nSPS) is 13.7. The van der Waals surface area contributed by atoms with E-state index in [9.17, 15) is 9.59 Å². The third kappa shape index (κ3) is 6.48. The number of nitrogens with one attached hydrogen (secondary N) is 1. The number of rotatable bonds is 9. The van der Waals surface area contributed by atoms with Crippen LogP contribution in [-0.2, 0) is 15.3 Å². The van der Waals surface area contributed by atoms with Crippen LogP contribution in [0.1, 0.15) is 37.4 Å². The van der Waals surface area contributed by atoms with Crippen molar-refractivity contribution in [3.63, 3.8) is 0 Å². The largest absolute Gasteiger partial charge is 0.480 e. The Hall–Kier alpha value is -1.08. The predicted molar refractivity (Wildman–Crippen MR) is 86.7 cm³/mol. The summed E-state index contributed by atoms with van der Waals surface area (Å²) in [5.41, 5.74) is 1.03. The molecule has 0 bridgehead atoms. The second kappa shape index (κ2) is 9.04. The van der Waals surface area contributed by atoms with Crippen LogP contribution in [0.25, 0.3) is 0 Å². The summed E-state index contributed by atoms with van der Waals surface area (Å²) in [6.45, 7) is 5.71. The standard InChI is InChI=1S/C14H22N2O3S2/c1-4-9(2)13(14(18)19)16-12(17)5-6-20-7-11-8-21-10(3)15-11/h8-9,13H,4-7H2,1-3H3,(H,16,17)(H,18,19)/t9?,13-/m0/s1. The zero-order valence-electron chi connectivity index (χ0n) is 12.6. The van der Waals surface area contributed by atoms with Gasteiger partial charge in [-0.2, -0.15) is 11.8 Å². The van der Waals surface area contributed by atoms with Gasteiger partial charge in [0.2, 0.25) is 5.91 Å². The lowest BCUT2D eigenvalue weighted by atomic mass is 9.99. The molecule has 0 spiro atoms. The molecule has 7 heteroatoms. The zero-order chi connectivity index (χ0) is 15.8. The van der Waals surface area contributed by atoms with Crippen LogP contribution in [0.15, 0.2) is 5.38 Å². The van der Waals surface area contributed by atoms with E-state index in [4.69, 9.17) is 5.11 Å². The van der Waals surface area contributed by atoms with Gasteiger partial charge in [0.25, 0.3) is 0 Å². The van der Waals surface area contributed by atoms with Gasteiger partial charge in [-0.1, -0.05) is 20.3 Å². The Balaban J connectivity index is 2.28. The number of thiazole rings is 1. The maximum Gasteiger partial charge on any atom is 0.326 e. The number of carboxylic acids is 1. The fourth-order valence-electron chi connectivity index (χ4n) is 1.74. The van der Waals surface area contributed by atoms with Gasteiger partial charge in [0.05, 0.1) is 10.7 Å². The summed E-state index contributed by atoms with van der Waals surface area (Å²) in [7, 11) is 0. The molecule has 2 atom stereocenters. The Bertz CT molecular complexity index is 477. The fraction of sp³-hybridized carbons (Fsp3) is 0.643. The summed E-state index contributed by atoms with van der Waals surface area (Å²) in [6.07, 6.45) is 1.04. The van der Waals surface area contributed by atoms with Gasteiger partial charge >= 0.3 is 5.97 Å². The molecule has 5 nitrogen and oxygen atoms in total. The molecule has 118 valence electrons. The van der Waals surface area contributed by atoms with Crippen molar-refractivity contribution in [1.29, 1.82) is 0 Å². The highest BCUT2D eigenvalue weighted by Gasteiger charge is 2.24. The van der Waals surface area contributed by atoms with E-state index >= 15 is 0 Å². The molecular formula is C14H22N2O3S2. The molecule has 0 aromatic carbocycles. The number of carbonyl (C=O) groups excluding carboxylic acids is 1. The van der Waals surface area contributed by atoms with E-state index in [-0.39, 0.29) is 11.8 Å². The molecule has 21 heavy (non-hydrogen) atoms. The predicted octanol–water partition coefficient (Wildman–Crippen LogP) is 2.69. The molecule has 2 N–H and O–H groups in total. The van der Waals surface area contributed by atoms with Crippen molar-refractivity contribution in [2.75, 3.05) is 5.75 Å². The number of amides is 1. The smallest absolute Gasteiger partial charge is 0.326 e. The van der Waals surface area contributed by atoms with Gasteiger partial charge in [-0.05, 0) is 12.8 Å². The summed E-state index contributed by atoms with van der Waals surface area (Å²) >= 11 is 3.25. The number of thioether (sulfide) groups is 1. The van der Waals surface area contributed by atoms with E-state index in [2.05, 4.69) is 10.3 Å². The van der Waals surface area contributed by atoms with Crippen molar-refractivity contribution in [2.45, 2.75) is 45.4 Å². The molecule has 0 aliphatic carbocycles. The fourth-order valence-corrected chi connectivity index (χ4v) is 3.29. The van der Waals surface area contributed by atoms with E-state index in [1.54, 1.807) is 23.1 Å². The number of carboxylic acid groups (broad SMARTS) is 1. The molecule has 0 aliphatic heterocycles. The SMILES string of the molecule is CCC(C)[C@H](NC(=O)CCSCc1csc(C)n1)C(=O)O. The number of nitrogens with zero attached hydrogens (tertiary/aromatic N) is 1. The van der Waals surface area contributed by atoms with Crippen LogP contribution in [-0.4, -0.2) is 33.8 Å². The average molecular weight is 330 g/mol. The second-order valence-corrected chi connectivity index (χ2v) is 7.10. The maximum atomic E-state index is 11.8. The molecule has 1 amide bonds. The van der Waals surface area contributed by atoms with Gasteiger partial charge in [0.15, 0.2) is 0 Å². The van der Waals surface area contributed by atoms with E-state index in [0.29, 0.717) is 12.2 Å². The molecule has 1 aromatic rings. The highest BCUT2D eigenvalue weighted by Crippen LogP contribution is 2.16. The van der Waals surface area contributed by atoms with Crippen LogP contribution >= 0.6 is 23.1 Å². The van der Waals surface area contributed by atoms with E-state index in [1.165, 1.54) is 0 Å². The Kier molecular flexibility index (Phi) is 7.74. The average Bonchev–Trinajstić information content (AvgIpc) is 2.85. The van der Waals surface area contributed by atoms with Crippen molar-refractivity contribution in [1.82, 2.24) is 10.3 Å². The maximum absolute atomic E-state index is 11.8. The Morgan fingerprint density at radius 3 is 2.76 bits per heavy atom. The number of carbonyl (C=O) groups is 2. The summed E-state index contributed by atoms with van der Waals surface area (Å²) < 4.78 is 0. The minimum Gasteiger partial charge on any atom is -0.480 e. The van der Waals surface area contributed by atoms with Gasteiger partial charge in [0, 0.05) is 23.3 Å². The second-order valence-electron chi connectivity index (χ2n) is 4.93. The van der Waals surface area contributed by atoms with Gasteiger partial charge in [-0.25, -0.2) is 9.78 Å². The molecule has 0 saturated heterocycles. The van der Waals surface area contributed by atoms with Crippen LogP contribution in [0.5, 0.6) is 0 Å². The summed E-state index contributed by atoms with van der Waals surface area (Å²) in [5.74, 6) is 0.200. The summed E-state index contributed by atoms with van der Waals surface area (Å²) in [4.78, 5) is 27.3. The topological polar surface area (TPSA) is 79.3 Å². The lowest BCUT2D eigenvalue weighted by molar-refractivity contribution is -0.143. The first kappa shape index (κ1) is 18.0. The Morgan fingerprint density at radius 1 is 1.52 bits per heavy atom. The molecule has 0 fully saturated rings. The number of aromatic nitrogens is 1. The third-order valence-corrected chi connectivity index (χ3v) is 5.00. The first-order valence-corrected chi connectivity index (χ1v) is 8.98. The van der Waals surface area contributed by atoms with Crippen LogP contribution < -0.4 is 5.32 Å². The van der Waals surface area contributed by atoms with Crippen LogP contribution in [0.4, 0.5) is 0 Å². The highest BCUT2D eigenvalue weighted by atomic mass is 32.2. The van der Waals surface area contributed by atoms with Crippen molar-refractivity contribution < 1.29 is 14.7 Å². The van der Waals surface area contributed by atoms with Gasteiger partial charge in [-0.3, -0.25) is 4.79 Å². The van der Waals surface area contributed by atoms with E-state index < -0.39 is 12.0 Å². The molecule has 1 unspecified atom stereocenters. The number of aliphatic carboxylic acids is 1. The molecule has 0 saturated carbocycles. The van der Waals surface area contributed by atoms with Gasteiger partial charge in [-0.15, -0.1) is 11.3 Å². The monoisotopic (exact) mass is 330 g/mol. The minimum atomic E-state index is -0.969. The first-order valence-electron chi connectivity index (χ1n) is 6.95. The molecule has 0 aliphatic rings. The van der Waals surface area contributed by atoms with Gasteiger partial charge < -0.3 is 10.4 Å². The Labute approximate surface area is 133 Å². The van der Waals surface area contributed by atoms with E-state index in [0.717, 1.165) is 22.9 Å². The van der Waals surface area contributed by atoms with Crippen molar-refractivity contribution in [3.8, 4) is 0 Å². The first-order chi connectivity index (χ1) is 9.93. The molecule has 1 aromatic heterocycles. The van der Waals surface area contributed by atoms with Crippen molar-refractivity contribution in [2.24, 2.45) is 5.92 Å². The highest BCUT2D eigenvalue weighted by molar-refractivity contribution is 7.98. The summed E-state index contributed by atoms with van der Waals surface area (Å²) in [5, 5.41) is 14.8. The summed E-state index contributed by atoms with van der Waals surface area (Å²) in [6, 6.07) is -0.798. The van der Waals surface area contributed by atoms with Crippen LogP contribution in [0, 0.1) is 12.8 Å². The number of hydrogen-bond donors (Lipinski definition) is 2. The third-order valence-electron chi connectivity index (χ3n) is 3.19.